The summed E-state index contributed by atoms with van der Waals surface area (Å²) in [6.07, 6.45) is 3.77. The summed E-state index contributed by atoms with van der Waals surface area (Å²) in [6, 6.07) is 49.9. The minimum Gasteiger partial charge on any atom is -0.459 e. The second-order valence-corrected chi connectivity index (χ2v) is 12.3. The van der Waals surface area contributed by atoms with Gasteiger partial charge in [-0.2, -0.15) is 0 Å². The Hall–Kier alpha value is -5.48. The highest BCUT2D eigenvalue weighted by molar-refractivity contribution is 5.94. The van der Waals surface area contributed by atoms with Gasteiger partial charge in [-0.25, -0.2) is 0 Å². The van der Waals surface area contributed by atoms with E-state index < -0.39 is 5.72 Å². The molecule has 2 heterocycles. The number of nitrogens with zero attached hydrogens (tertiary/aromatic N) is 1. The lowest BCUT2D eigenvalue weighted by Gasteiger charge is -2.50. The van der Waals surface area contributed by atoms with Gasteiger partial charge in [0.25, 0.3) is 0 Å². The van der Waals surface area contributed by atoms with Crippen LogP contribution in [0, 0.1) is 0 Å². The van der Waals surface area contributed by atoms with E-state index in [2.05, 4.69) is 108 Å². The first kappa shape index (κ1) is 26.9. The lowest BCUT2D eigenvalue weighted by molar-refractivity contribution is 0.116. The van der Waals surface area contributed by atoms with Gasteiger partial charge in [0, 0.05) is 22.4 Å². The highest BCUT2D eigenvalue weighted by Gasteiger charge is 2.51. The van der Waals surface area contributed by atoms with Crippen LogP contribution >= 0.6 is 0 Å². The summed E-state index contributed by atoms with van der Waals surface area (Å²) < 4.78 is 19.2. The van der Waals surface area contributed by atoms with Crippen LogP contribution in [-0.2, 0) is 31.4 Å². The second-order valence-electron chi connectivity index (χ2n) is 12.3. The molecule has 1 unspecified atom stereocenters. The molecule has 4 heteroatoms. The van der Waals surface area contributed by atoms with E-state index in [1.807, 2.05) is 36.4 Å². The van der Waals surface area contributed by atoms with Crippen molar-refractivity contribution < 1.29 is 14.2 Å². The summed E-state index contributed by atoms with van der Waals surface area (Å²) in [7, 11) is 0. The monoisotopic (exact) mass is 599 g/mol. The largest absolute Gasteiger partial charge is 0.459 e. The third-order valence-corrected chi connectivity index (χ3v) is 9.62. The van der Waals surface area contributed by atoms with Crippen LogP contribution in [0.15, 0.2) is 140 Å². The predicted molar refractivity (Wildman–Crippen MR) is 182 cm³/mol. The topological polar surface area (TPSA) is 30.9 Å². The van der Waals surface area contributed by atoms with Crippen LogP contribution in [0.1, 0.15) is 33.4 Å². The zero-order valence-electron chi connectivity index (χ0n) is 25.5. The fraction of sp³-hybridized carbons (Fsp3) is 0.143. The molecular formula is C42H33NO3. The van der Waals surface area contributed by atoms with Crippen molar-refractivity contribution in [2.45, 2.75) is 31.4 Å². The first-order chi connectivity index (χ1) is 22.8. The molecule has 0 fully saturated rings. The van der Waals surface area contributed by atoms with Crippen LogP contribution in [0.3, 0.4) is 0 Å². The minimum absolute atomic E-state index is 0.210. The number of hydrogen-bond acceptors (Lipinski definition) is 4. The van der Waals surface area contributed by atoms with E-state index in [9.17, 15) is 0 Å². The van der Waals surface area contributed by atoms with Crippen molar-refractivity contribution in [1.29, 1.82) is 0 Å². The Bertz CT molecular complexity index is 2060. The predicted octanol–water partition coefficient (Wildman–Crippen LogP) is 9.40. The Balaban J connectivity index is 1.39. The molecular weight excluding hydrogens is 566 g/mol. The molecule has 46 heavy (non-hydrogen) atoms. The molecule has 0 saturated carbocycles. The van der Waals surface area contributed by atoms with Gasteiger partial charge in [-0.1, -0.05) is 97.1 Å². The molecule has 0 saturated heterocycles. The molecule has 224 valence electrons. The van der Waals surface area contributed by atoms with Gasteiger partial charge in [0.2, 0.25) is 12.5 Å². The molecule has 4 bridgehead atoms. The van der Waals surface area contributed by atoms with Crippen LogP contribution in [0.4, 0.5) is 11.4 Å². The third-order valence-electron chi connectivity index (χ3n) is 9.62. The van der Waals surface area contributed by atoms with Crippen molar-refractivity contribution in [2.75, 3.05) is 11.7 Å². The van der Waals surface area contributed by atoms with Gasteiger partial charge < -0.3 is 14.2 Å². The summed E-state index contributed by atoms with van der Waals surface area (Å²) in [5, 5.41) is 0. The van der Waals surface area contributed by atoms with Crippen molar-refractivity contribution in [3.8, 4) is 28.4 Å². The summed E-state index contributed by atoms with van der Waals surface area (Å²) in [5.41, 5.74) is 11.1. The summed E-state index contributed by atoms with van der Waals surface area (Å²) in [4.78, 5) is 2.46. The van der Waals surface area contributed by atoms with Crippen LogP contribution < -0.4 is 19.1 Å². The molecule has 0 radical (unpaired) electrons. The summed E-state index contributed by atoms with van der Waals surface area (Å²) in [5.74, 6) is 2.26. The first-order valence-electron chi connectivity index (χ1n) is 16.1. The fourth-order valence-corrected chi connectivity index (χ4v) is 7.45. The molecule has 6 aromatic carbocycles. The van der Waals surface area contributed by atoms with Crippen LogP contribution in [0.2, 0.25) is 0 Å². The van der Waals surface area contributed by atoms with Crippen LogP contribution in [0.25, 0.3) is 11.1 Å². The molecule has 0 N–H and O–H groups in total. The number of benzene rings is 6. The average molecular weight is 600 g/mol. The van der Waals surface area contributed by atoms with Crippen molar-refractivity contribution in [2.24, 2.45) is 0 Å². The Morgan fingerprint density at radius 3 is 2.00 bits per heavy atom. The van der Waals surface area contributed by atoms with Crippen molar-refractivity contribution in [1.82, 2.24) is 0 Å². The number of anilines is 2. The van der Waals surface area contributed by atoms with E-state index in [-0.39, 0.29) is 6.79 Å². The lowest BCUT2D eigenvalue weighted by Crippen LogP contribution is -2.52. The third kappa shape index (κ3) is 4.28. The molecule has 6 aliphatic rings. The SMILES string of the molecule is c1ccc(OC2(c3ccc4c(c3)OCO4)c3ccccc3-c3c4ccc(c3N2c2ccccc2)CCc2ccc(cc2)CC4)cc1. The van der Waals surface area contributed by atoms with Gasteiger partial charge in [0.1, 0.15) is 5.75 Å². The second kappa shape index (κ2) is 10.8. The maximum atomic E-state index is 7.48. The first-order valence-corrected chi connectivity index (χ1v) is 16.1. The quantitative estimate of drug-likeness (QED) is 0.202. The Kier molecular flexibility index (Phi) is 6.34. The maximum Gasteiger partial charge on any atom is 0.240 e. The van der Waals surface area contributed by atoms with Gasteiger partial charge in [-0.05, 0) is 96.0 Å². The van der Waals surface area contributed by atoms with Crippen LogP contribution in [-0.4, -0.2) is 6.79 Å². The lowest BCUT2D eigenvalue weighted by atomic mass is 9.77. The normalized spacial score (nSPS) is 17.5. The standard InChI is InChI=1S/C42H33NO3/c1-3-9-34(10-4-1)43-41-32-22-20-30-17-15-29(16-18-30)19-21-31(23-24-32)40(41)36-13-7-8-14-37(36)42(43,46-35-11-5-2-6-12-35)33-25-26-38-39(27-33)45-28-44-38/h1-18,23-27H,19-22,28H2. The molecule has 0 spiro atoms. The summed E-state index contributed by atoms with van der Waals surface area (Å²) >= 11 is 0. The van der Waals surface area contributed by atoms with E-state index in [0.29, 0.717) is 0 Å². The van der Waals surface area contributed by atoms with E-state index in [1.54, 1.807) is 0 Å². The van der Waals surface area contributed by atoms with Crippen LogP contribution in [0.5, 0.6) is 17.2 Å². The van der Waals surface area contributed by atoms with E-state index >= 15 is 0 Å². The number of hydrogen-bond donors (Lipinski definition) is 0. The number of para-hydroxylation sites is 2. The zero-order chi connectivity index (χ0) is 30.5. The summed E-state index contributed by atoms with van der Waals surface area (Å²) in [6.45, 7) is 0.210. The van der Waals surface area contributed by atoms with Gasteiger partial charge >= 0.3 is 0 Å². The Labute approximate surface area is 269 Å². The van der Waals surface area contributed by atoms with Gasteiger partial charge in [-0.15, -0.1) is 0 Å². The molecule has 6 aromatic rings. The van der Waals surface area contributed by atoms with Crippen molar-refractivity contribution in [3.05, 3.63) is 173 Å². The molecule has 0 amide bonds. The van der Waals surface area contributed by atoms with E-state index in [1.165, 1.54) is 39.1 Å². The van der Waals surface area contributed by atoms with Gasteiger partial charge in [-0.3, -0.25) is 4.90 Å². The smallest absolute Gasteiger partial charge is 0.240 e. The number of aryl methyl sites for hydroxylation is 4. The van der Waals surface area contributed by atoms with Crippen molar-refractivity contribution >= 4 is 11.4 Å². The maximum absolute atomic E-state index is 7.48. The van der Waals surface area contributed by atoms with E-state index in [0.717, 1.165) is 59.7 Å². The zero-order valence-corrected chi connectivity index (χ0v) is 25.5. The molecule has 12 rings (SSSR count). The highest BCUT2D eigenvalue weighted by Crippen LogP contribution is 2.57. The molecule has 0 aromatic heterocycles. The van der Waals surface area contributed by atoms with E-state index in [4.69, 9.17) is 14.2 Å². The highest BCUT2D eigenvalue weighted by atomic mass is 16.7. The molecule has 2 aliphatic heterocycles. The van der Waals surface area contributed by atoms with Crippen molar-refractivity contribution in [3.63, 3.8) is 0 Å². The Morgan fingerprint density at radius 1 is 0.565 bits per heavy atom. The van der Waals surface area contributed by atoms with Gasteiger partial charge in [0.15, 0.2) is 11.5 Å². The number of rotatable bonds is 4. The minimum atomic E-state index is -1.07. The molecule has 1 atom stereocenters. The molecule has 4 aliphatic carbocycles. The number of ether oxygens (including phenoxy) is 3. The Morgan fingerprint density at radius 2 is 1.22 bits per heavy atom. The molecule has 4 nitrogen and oxygen atoms in total. The number of fused-ring (bicyclic) bond motifs is 2. The van der Waals surface area contributed by atoms with Gasteiger partial charge in [0.05, 0.1) is 5.69 Å². The fourth-order valence-electron chi connectivity index (χ4n) is 7.45. The average Bonchev–Trinajstić information content (AvgIpc) is 3.59.